The lowest BCUT2D eigenvalue weighted by atomic mass is 10.1. The van der Waals surface area contributed by atoms with Gasteiger partial charge in [-0.05, 0) is 30.2 Å². The van der Waals surface area contributed by atoms with E-state index in [9.17, 15) is 4.79 Å². The number of hydrogen-bond donors (Lipinski definition) is 1. The van der Waals surface area contributed by atoms with Gasteiger partial charge in [0.25, 0.3) is 0 Å². The van der Waals surface area contributed by atoms with E-state index in [1.165, 1.54) is 17.4 Å². The number of nitrogens with zero attached hydrogens (tertiary/aromatic N) is 4. The Labute approximate surface area is 166 Å². The molecule has 2 heterocycles. The molecule has 0 saturated heterocycles. The van der Waals surface area contributed by atoms with E-state index in [-0.39, 0.29) is 5.91 Å². The summed E-state index contributed by atoms with van der Waals surface area (Å²) < 4.78 is 1.78. The van der Waals surface area contributed by atoms with Gasteiger partial charge in [-0.3, -0.25) is 4.79 Å². The van der Waals surface area contributed by atoms with Crippen LogP contribution in [0.5, 0.6) is 0 Å². The van der Waals surface area contributed by atoms with Crippen LogP contribution in [0.25, 0.3) is 21.6 Å². The second kappa shape index (κ2) is 7.74. The van der Waals surface area contributed by atoms with Gasteiger partial charge in [0, 0.05) is 23.7 Å². The number of benzene rings is 2. The first kappa shape index (κ1) is 18.1. The van der Waals surface area contributed by atoms with Crippen LogP contribution in [-0.2, 0) is 11.2 Å². The Hall–Kier alpha value is -3.32. The number of aryl methyl sites for hydroxylation is 2. The Kier molecular flexibility index (Phi) is 4.99. The van der Waals surface area contributed by atoms with Crippen LogP contribution in [-0.4, -0.2) is 25.7 Å². The Morgan fingerprint density at radius 3 is 2.79 bits per heavy atom. The van der Waals surface area contributed by atoms with Gasteiger partial charge in [0.05, 0.1) is 0 Å². The van der Waals surface area contributed by atoms with Crippen LogP contribution in [0.3, 0.4) is 0 Å². The van der Waals surface area contributed by atoms with E-state index in [1.807, 2.05) is 62.4 Å². The Morgan fingerprint density at radius 1 is 1.18 bits per heavy atom. The zero-order chi connectivity index (χ0) is 19.5. The van der Waals surface area contributed by atoms with E-state index in [1.54, 1.807) is 10.6 Å². The lowest BCUT2D eigenvalue weighted by molar-refractivity contribution is -0.111. The van der Waals surface area contributed by atoms with Crippen LogP contribution in [0, 0.1) is 6.92 Å². The van der Waals surface area contributed by atoms with Crippen molar-refractivity contribution in [2.75, 3.05) is 5.32 Å². The minimum absolute atomic E-state index is 0.171. The van der Waals surface area contributed by atoms with Gasteiger partial charge in [0.15, 0.2) is 5.82 Å². The molecular weight excluding hydrogens is 370 g/mol. The second-order valence-corrected chi connectivity index (χ2v) is 7.29. The molecule has 4 rings (SSSR count). The van der Waals surface area contributed by atoms with Crippen molar-refractivity contribution in [1.82, 2.24) is 19.8 Å². The highest BCUT2D eigenvalue weighted by Crippen LogP contribution is 2.29. The van der Waals surface area contributed by atoms with E-state index in [2.05, 4.69) is 20.6 Å². The number of carbonyl (C=O) groups excluding carboxylic acids is 1. The predicted octanol–water partition coefficient (Wildman–Crippen LogP) is 4.38. The molecule has 0 bridgehead atoms. The molecule has 7 heteroatoms. The fourth-order valence-electron chi connectivity index (χ4n) is 2.79. The van der Waals surface area contributed by atoms with Crippen molar-refractivity contribution in [2.45, 2.75) is 20.3 Å². The molecule has 0 atom stereocenters. The van der Waals surface area contributed by atoms with Gasteiger partial charge in [-0.2, -0.15) is 9.61 Å². The van der Waals surface area contributed by atoms with Gasteiger partial charge >= 0.3 is 0 Å². The number of rotatable bonds is 5. The summed E-state index contributed by atoms with van der Waals surface area (Å²) in [6.07, 6.45) is 4.11. The van der Waals surface area contributed by atoms with Gasteiger partial charge in [0.1, 0.15) is 5.01 Å². The summed E-state index contributed by atoms with van der Waals surface area (Å²) in [5.41, 5.74) is 3.67. The average molecular weight is 389 g/mol. The maximum absolute atomic E-state index is 12.3. The van der Waals surface area contributed by atoms with Crippen LogP contribution in [0.15, 0.2) is 54.6 Å². The predicted molar refractivity (Wildman–Crippen MR) is 112 cm³/mol. The van der Waals surface area contributed by atoms with Gasteiger partial charge in [-0.15, -0.1) is 10.2 Å². The number of hydrogen-bond acceptors (Lipinski definition) is 5. The second-order valence-electron chi connectivity index (χ2n) is 6.33. The fourth-order valence-corrected chi connectivity index (χ4v) is 3.65. The first-order valence-corrected chi connectivity index (χ1v) is 9.82. The molecule has 2 aromatic heterocycles. The molecule has 0 aliphatic rings. The molecule has 0 unspecified atom stereocenters. The summed E-state index contributed by atoms with van der Waals surface area (Å²) >= 11 is 1.48. The molecule has 140 valence electrons. The number of amides is 1. The summed E-state index contributed by atoms with van der Waals surface area (Å²) in [6, 6.07) is 15.7. The minimum Gasteiger partial charge on any atom is -0.322 e. The number of anilines is 1. The molecule has 6 nitrogen and oxygen atoms in total. The smallest absolute Gasteiger partial charge is 0.248 e. The van der Waals surface area contributed by atoms with Crippen molar-refractivity contribution < 1.29 is 4.79 Å². The van der Waals surface area contributed by atoms with Crippen molar-refractivity contribution >= 4 is 34.0 Å². The van der Waals surface area contributed by atoms with E-state index in [0.717, 1.165) is 44.6 Å². The zero-order valence-electron chi connectivity index (χ0n) is 15.6. The Bertz CT molecular complexity index is 1160. The SMILES string of the molecule is CCc1nnc2sc(-c3ccc(C)c(NC(=O)/C=C/c4ccccc4)c3)nn12. The molecule has 0 fully saturated rings. The van der Waals surface area contributed by atoms with Crippen LogP contribution < -0.4 is 5.32 Å². The topological polar surface area (TPSA) is 72.2 Å². The lowest BCUT2D eigenvalue weighted by Crippen LogP contribution is -2.09. The molecule has 1 N–H and O–H groups in total. The van der Waals surface area contributed by atoms with Crippen LogP contribution in [0.1, 0.15) is 23.9 Å². The highest BCUT2D eigenvalue weighted by Gasteiger charge is 2.13. The van der Waals surface area contributed by atoms with E-state index >= 15 is 0 Å². The Morgan fingerprint density at radius 2 is 2.00 bits per heavy atom. The van der Waals surface area contributed by atoms with Gasteiger partial charge in [-0.25, -0.2) is 0 Å². The van der Waals surface area contributed by atoms with Crippen molar-refractivity contribution in [3.63, 3.8) is 0 Å². The van der Waals surface area contributed by atoms with Gasteiger partial charge in [0.2, 0.25) is 10.9 Å². The van der Waals surface area contributed by atoms with Gasteiger partial charge in [-0.1, -0.05) is 60.7 Å². The van der Waals surface area contributed by atoms with Crippen molar-refractivity contribution in [1.29, 1.82) is 0 Å². The number of carbonyl (C=O) groups is 1. The minimum atomic E-state index is -0.171. The summed E-state index contributed by atoms with van der Waals surface area (Å²) in [5, 5.41) is 16.7. The lowest BCUT2D eigenvalue weighted by Gasteiger charge is -2.08. The molecule has 1 amide bonds. The molecule has 2 aromatic carbocycles. The largest absolute Gasteiger partial charge is 0.322 e. The summed E-state index contributed by atoms with van der Waals surface area (Å²) in [4.78, 5) is 13.1. The molecule has 0 aliphatic carbocycles. The van der Waals surface area contributed by atoms with E-state index in [0.29, 0.717) is 0 Å². The summed E-state index contributed by atoms with van der Waals surface area (Å²) in [5.74, 6) is 0.666. The third-order valence-electron chi connectivity index (χ3n) is 4.34. The first-order valence-electron chi connectivity index (χ1n) is 9.00. The molecule has 0 spiro atoms. The van der Waals surface area contributed by atoms with Crippen molar-refractivity contribution in [3.05, 3.63) is 71.6 Å². The quantitative estimate of drug-likeness (QED) is 0.514. The van der Waals surface area contributed by atoms with Gasteiger partial charge < -0.3 is 5.32 Å². The van der Waals surface area contributed by atoms with Crippen LogP contribution >= 0.6 is 11.3 Å². The van der Waals surface area contributed by atoms with Crippen molar-refractivity contribution in [2.24, 2.45) is 0 Å². The highest BCUT2D eigenvalue weighted by atomic mass is 32.1. The normalized spacial score (nSPS) is 11.4. The van der Waals surface area contributed by atoms with Crippen molar-refractivity contribution in [3.8, 4) is 10.6 Å². The third kappa shape index (κ3) is 3.70. The molecular formula is C21H19N5OS. The zero-order valence-corrected chi connectivity index (χ0v) is 16.4. The van der Waals surface area contributed by atoms with Crippen LogP contribution in [0.2, 0.25) is 0 Å². The standard InChI is InChI=1S/C21H19N5OS/c1-3-18-23-24-21-26(18)25-20(28-21)16-11-9-14(2)17(13-16)22-19(27)12-10-15-7-5-4-6-8-15/h4-13H,3H2,1-2H3,(H,22,27)/b12-10+. The number of nitrogens with one attached hydrogen (secondary N) is 1. The first-order chi connectivity index (χ1) is 13.6. The molecule has 4 aromatic rings. The Balaban J connectivity index is 1.57. The monoisotopic (exact) mass is 389 g/mol. The number of fused-ring (bicyclic) bond motifs is 1. The third-order valence-corrected chi connectivity index (χ3v) is 5.29. The van der Waals surface area contributed by atoms with Crippen LogP contribution in [0.4, 0.5) is 5.69 Å². The maximum atomic E-state index is 12.3. The molecule has 0 saturated carbocycles. The molecule has 28 heavy (non-hydrogen) atoms. The molecule has 0 aliphatic heterocycles. The molecule has 0 radical (unpaired) electrons. The summed E-state index contributed by atoms with van der Waals surface area (Å²) in [7, 11) is 0. The average Bonchev–Trinajstić information content (AvgIpc) is 3.29. The van der Waals surface area contributed by atoms with E-state index in [4.69, 9.17) is 0 Å². The van der Waals surface area contributed by atoms with E-state index < -0.39 is 0 Å². The number of aromatic nitrogens is 4. The maximum Gasteiger partial charge on any atom is 0.248 e. The highest BCUT2D eigenvalue weighted by molar-refractivity contribution is 7.19. The fraction of sp³-hybridized carbons (Fsp3) is 0.143. The summed E-state index contributed by atoms with van der Waals surface area (Å²) in [6.45, 7) is 3.99.